The second kappa shape index (κ2) is 11.5. The topological polar surface area (TPSA) is 87.7 Å². The zero-order valence-electron chi connectivity index (χ0n) is 20.6. The van der Waals surface area contributed by atoms with Gasteiger partial charge < -0.3 is 20.3 Å². The number of hydrogen-bond acceptors (Lipinski definition) is 4. The molecule has 1 saturated heterocycles. The third kappa shape index (κ3) is 6.50. The van der Waals surface area contributed by atoms with E-state index in [2.05, 4.69) is 10.6 Å². The zero-order chi connectivity index (χ0) is 25.5. The molecule has 3 aromatic carbocycles. The lowest BCUT2D eigenvalue weighted by atomic mass is 10.1. The molecule has 3 aromatic rings. The number of carbonyl (C=O) groups is 3. The number of anilines is 2. The van der Waals surface area contributed by atoms with Gasteiger partial charge in [0.25, 0.3) is 5.91 Å². The average molecular weight is 486 g/mol. The standard InChI is InChI=1S/C29H31N3O4/c1-20-8-13-26(21(2)16-20)31-27(33)19-36-25-11-9-24(10-12-25)32-18-23(17-28(32)34)29(35)30-15-14-22-6-4-3-5-7-22/h3-13,16,23H,14-15,17-19H2,1-2H3,(H,30,35)(H,31,33)/t23-/m0/s1. The summed E-state index contributed by atoms with van der Waals surface area (Å²) in [6, 6.07) is 22.8. The SMILES string of the molecule is Cc1ccc(NC(=O)COc2ccc(N3C[C@@H](C(=O)NCCc4ccccc4)CC3=O)cc2)c(C)c1. The largest absolute Gasteiger partial charge is 0.484 e. The van der Waals surface area contributed by atoms with Crippen LogP contribution in [0, 0.1) is 19.8 Å². The van der Waals surface area contributed by atoms with Gasteiger partial charge in [0.1, 0.15) is 5.75 Å². The van der Waals surface area contributed by atoms with E-state index in [1.54, 1.807) is 29.2 Å². The van der Waals surface area contributed by atoms with Crippen LogP contribution in [0.25, 0.3) is 0 Å². The van der Waals surface area contributed by atoms with E-state index in [1.807, 2.05) is 62.4 Å². The number of nitrogens with zero attached hydrogens (tertiary/aromatic N) is 1. The van der Waals surface area contributed by atoms with E-state index in [1.165, 1.54) is 0 Å². The Labute approximate surface area is 211 Å². The monoisotopic (exact) mass is 485 g/mol. The van der Waals surface area contributed by atoms with E-state index >= 15 is 0 Å². The summed E-state index contributed by atoms with van der Waals surface area (Å²) in [4.78, 5) is 39.0. The van der Waals surface area contributed by atoms with Crippen molar-refractivity contribution in [2.24, 2.45) is 5.92 Å². The summed E-state index contributed by atoms with van der Waals surface area (Å²) in [5.41, 5.74) is 4.74. The average Bonchev–Trinajstić information content (AvgIpc) is 3.27. The lowest BCUT2D eigenvalue weighted by Crippen LogP contribution is -2.34. The maximum Gasteiger partial charge on any atom is 0.262 e. The maximum absolute atomic E-state index is 12.6. The third-order valence-electron chi connectivity index (χ3n) is 6.23. The third-order valence-corrected chi connectivity index (χ3v) is 6.23. The van der Waals surface area contributed by atoms with Crippen LogP contribution < -0.4 is 20.3 Å². The molecule has 1 aliphatic rings. The summed E-state index contributed by atoms with van der Waals surface area (Å²) in [5.74, 6) is -0.285. The summed E-state index contributed by atoms with van der Waals surface area (Å²) in [6.07, 6.45) is 0.940. The van der Waals surface area contributed by atoms with Crippen molar-refractivity contribution in [3.8, 4) is 5.75 Å². The van der Waals surface area contributed by atoms with Crippen molar-refractivity contribution >= 4 is 29.1 Å². The molecule has 36 heavy (non-hydrogen) atoms. The molecule has 1 aliphatic heterocycles. The van der Waals surface area contributed by atoms with Gasteiger partial charge in [-0.05, 0) is 61.7 Å². The van der Waals surface area contributed by atoms with Gasteiger partial charge in [-0.3, -0.25) is 14.4 Å². The summed E-state index contributed by atoms with van der Waals surface area (Å²) in [5, 5.41) is 5.80. The van der Waals surface area contributed by atoms with Crippen molar-refractivity contribution in [3.63, 3.8) is 0 Å². The first-order valence-corrected chi connectivity index (χ1v) is 12.1. The molecule has 1 heterocycles. The number of amides is 3. The van der Waals surface area contributed by atoms with E-state index in [4.69, 9.17) is 4.74 Å². The molecule has 0 bridgehead atoms. The van der Waals surface area contributed by atoms with Crippen molar-refractivity contribution in [1.29, 1.82) is 0 Å². The lowest BCUT2D eigenvalue weighted by molar-refractivity contribution is -0.126. The van der Waals surface area contributed by atoms with Crippen LogP contribution in [0.15, 0.2) is 72.8 Å². The van der Waals surface area contributed by atoms with Crippen LogP contribution >= 0.6 is 0 Å². The van der Waals surface area contributed by atoms with Crippen LogP contribution in [-0.4, -0.2) is 37.4 Å². The summed E-state index contributed by atoms with van der Waals surface area (Å²) < 4.78 is 5.61. The molecule has 0 radical (unpaired) electrons. The highest BCUT2D eigenvalue weighted by atomic mass is 16.5. The fraction of sp³-hybridized carbons (Fsp3) is 0.276. The fourth-order valence-electron chi connectivity index (χ4n) is 4.26. The fourth-order valence-corrected chi connectivity index (χ4v) is 4.26. The summed E-state index contributed by atoms with van der Waals surface area (Å²) in [7, 11) is 0. The van der Waals surface area contributed by atoms with Gasteiger partial charge >= 0.3 is 0 Å². The van der Waals surface area contributed by atoms with Crippen molar-refractivity contribution in [3.05, 3.63) is 89.5 Å². The second-order valence-corrected chi connectivity index (χ2v) is 9.08. The second-order valence-electron chi connectivity index (χ2n) is 9.08. The van der Waals surface area contributed by atoms with Gasteiger partial charge in [0.2, 0.25) is 11.8 Å². The molecule has 0 spiro atoms. The number of ether oxygens (including phenoxy) is 1. The Morgan fingerprint density at radius 1 is 1.00 bits per heavy atom. The highest BCUT2D eigenvalue weighted by Crippen LogP contribution is 2.27. The molecule has 7 heteroatoms. The Morgan fingerprint density at radius 2 is 1.75 bits per heavy atom. The molecule has 0 aliphatic carbocycles. The number of aryl methyl sites for hydroxylation is 2. The molecular formula is C29H31N3O4. The number of carbonyl (C=O) groups excluding carboxylic acids is 3. The number of nitrogens with one attached hydrogen (secondary N) is 2. The Balaban J connectivity index is 1.24. The van der Waals surface area contributed by atoms with Gasteiger partial charge in [0.05, 0.1) is 5.92 Å². The molecule has 1 atom stereocenters. The molecule has 0 saturated carbocycles. The smallest absolute Gasteiger partial charge is 0.262 e. The van der Waals surface area contributed by atoms with Gasteiger partial charge in [-0.1, -0.05) is 48.0 Å². The van der Waals surface area contributed by atoms with Crippen LogP contribution in [0.4, 0.5) is 11.4 Å². The highest BCUT2D eigenvalue weighted by Gasteiger charge is 2.34. The number of benzene rings is 3. The van der Waals surface area contributed by atoms with Crippen molar-refractivity contribution < 1.29 is 19.1 Å². The normalized spacial score (nSPS) is 15.0. The number of hydrogen-bond donors (Lipinski definition) is 2. The van der Waals surface area contributed by atoms with Crippen LogP contribution in [-0.2, 0) is 20.8 Å². The molecule has 3 amide bonds. The Bertz CT molecular complexity index is 1230. The molecule has 4 rings (SSSR count). The number of rotatable bonds is 9. The minimum atomic E-state index is -0.377. The Morgan fingerprint density at radius 3 is 2.47 bits per heavy atom. The minimum Gasteiger partial charge on any atom is -0.484 e. The minimum absolute atomic E-state index is 0.0836. The molecule has 186 valence electrons. The quantitative estimate of drug-likeness (QED) is 0.479. The molecule has 0 unspecified atom stereocenters. The van der Waals surface area contributed by atoms with E-state index < -0.39 is 0 Å². The molecular weight excluding hydrogens is 454 g/mol. The summed E-state index contributed by atoms with van der Waals surface area (Å²) >= 11 is 0. The van der Waals surface area contributed by atoms with Crippen molar-refractivity contribution in [2.75, 3.05) is 29.9 Å². The predicted octanol–water partition coefficient (Wildman–Crippen LogP) is 4.03. The van der Waals surface area contributed by atoms with E-state index in [0.717, 1.165) is 28.8 Å². The Hall–Kier alpha value is -4.13. The van der Waals surface area contributed by atoms with Crippen LogP contribution in [0.5, 0.6) is 5.75 Å². The van der Waals surface area contributed by atoms with Crippen LogP contribution in [0.3, 0.4) is 0 Å². The zero-order valence-corrected chi connectivity index (χ0v) is 20.6. The molecule has 1 fully saturated rings. The first-order valence-electron chi connectivity index (χ1n) is 12.1. The first-order chi connectivity index (χ1) is 17.4. The first kappa shape index (κ1) is 25.0. The lowest BCUT2D eigenvalue weighted by Gasteiger charge is -2.17. The van der Waals surface area contributed by atoms with Gasteiger partial charge in [0, 0.05) is 30.9 Å². The maximum atomic E-state index is 12.6. The van der Waals surface area contributed by atoms with Crippen LogP contribution in [0.1, 0.15) is 23.1 Å². The van der Waals surface area contributed by atoms with Gasteiger partial charge in [-0.25, -0.2) is 0 Å². The highest BCUT2D eigenvalue weighted by molar-refractivity contribution is 6.00. The van der Waals surface area contributed by atoms with Crippen LogP contribution in [0.2, 0.25) is 0 Å². The summed E-state index contributed by atoms with van der Waals surface area (Å²) in [6.45, 7) is 4.70. The Kier molecular flexibility index (Phi) is 8.00. The van der Waals surface area contributed by atoms with Crippen molar-refractivity contribution in [2.45, 2.75) is 26.7 Å². The molecule has 2 N–H and O–H groups in total. The van der Waals surface area contributed by atoms with Gasteiger partial charge in [0.15, 0.2) is 6.61 Å². The van der Waals surface area contributed by atoms with Gasteiger partial charge in [-0.2, -0.15) is 0 Å². The predicted molar refractivity (Wildman–Crippen MR) is 140 cm³/mol. The van der Waals surface area contributed by atoms with E-state index in [-0.39, 0.29) is 36.7 Å². The molecule has 7 nitrogen and oxygen atoms in total. The van der Waals surface area contributed by atoms with Gasteiger partial charge in [-0.15, -0.1) is 0 Å². The van der Waals surface area contributed by atoms with Crippen molar-refractivity contribution in [1.82, 2.24) is 5.32 Å². The molecule has 0 aromatic heterocycles. The van der Waals surface area contributed by atoms with E-state index in [0.29, 0.717) is 24.5 Å². The van der Waals surface area contributed by atoms with E-state index in [9.17, 15) is 14.4 Å².